The van der Waals surface area contributed by atoms with Crippen LogP contribution in [0.4, 0.5) is 14.5 Å². The van der Waals surface area contributed by atoms with Crippen LogP contribution in [0.3, 0.4) is 0 Å². The number of alkyl halides is 2. The molecule has 0 aliphatic rings. The van der Waals surface area contributed by atoms with Gasteiger partial charge in [-0.2, -0.15) is 0 Å². The van der Waals surface area contributed by atoms with Gasteiger partial charge in [0.15, 0.2) is 0 Å². The van der Waals surface area contributed by atoms with Gasteiger partial charge in [0, 0.05) is 5.69 Å². The molecular formula is C7H5F2IN2O2. The van der Waals surface area contributed by atoms with Gasteiger partial charge < -0.3 is 0 Å². The number of rotatable bonds is 2. The molecule has 0 saturated heterocycles. The molecule has 0 unspecified atom stereocenters. The number of nitro groups is 1. The summed E-state index contributed by atoms with van der Waals surface area (Å²) in [5, 5.41) is 10.4. The van der Waals surface area contributed by atoms with Crippen LogP contribution in [-0.2, 0) is 0 Å². The maximum absolute atomic E-state index is 12.5. The molecule has 0 fully saturated rings. The van der Waals surface area contributed by atoms with E-state index < -0.39 is 11.3 Å². The Balaban J connectivity index is 3.41. The van der Waals surface area contributed by atoms with Crippen molar-refractivity contribution in [3.05, 3.63) is 31.1 Å². The summed E-state index contributed by atoms with van der Waals surface area (Å²) >= 11 is 1.54. The number of aryl methyl sites for hydroxylation is 1. The fraction of sp³-hybridized carbons (Fsp3) is 0.286. The number of nitrogens with zero attached hydrogens (tertiary/aromatic N) is 2. The Morgan fingerprint density at radius 3 is 2.64 bits per heavy atom. The van der Waals surface area contributed by atoms with Crippen LogP contribution in [0, 0.1) is 20.6 Å². The van der Waals surface area contributed by atoms with E-state index in [1.54, 1.807) is 0 Å². The van der Waals surface area contributed by atoms with E-state index in [1.165, 1.54) is 29.5 Å². The van der Waals surface area contributed by atoms with Gasteiger partial charge in [-0.25, -0.2) is 8.78 Å². The zero-order chi connectivity index (χ0) is 10.9. The molecule has 1 aromatic rings. The molecule has 0 aromatic carbocycles. The fourth-order valence-corrected chi connectivity index (χ4v) is 1.92. The van der Waals surface area contributed by atoms with E-state index >= 15 is 0 Å². The number of pyridine rings is 1. The molecule has 76 valence electrons. The molecular weight excluding hydrogens is 309 g/mol. The molecule has 4 nitrogen and oxygen atoms in total. The van der Waals surface area contributed by atoms with Gasteiger partial charge >= 0.3 is 5.69 Å². The number of halogens is 3. The molecule has 0 atom stereocenters. The Hall–Kier alpha value is -0.860. The Morgan fingerprint density at radius 2 is 2.21 bits per heavy atom. The maximum Gasteiger partial charge on any atom is 0.301 e. The van der Waals surface area contributed by atoms with Crippen molar-refractivity contribution in [3.8, 4) is 0 Å². The molecule has 0 amide bonds. The summed E-state index contributed by atoms with van der Waals surface area (Å²) in [6.45, 7) is 1.40. The second-order valence-electron chi connectivity index (χ2n) is 2.51. The zero-order valence-electron chi connectivity index (χ0n) is 7.00. The molecule has 14 heavy (non-hydrogen) atoms. The molecule has 0 spiro atoms. The molecule has 7 heteroatoms. The molecule has 0 N–H and O–H groups in total. The third-order valence-electron chi connectivity index (χ3n) is 1.65. The summed E-state index contributed by atoms with van der Waals surface area (Å²) in [6.07, 6.45) is -1.75. The van der Waals surface area contributed by atoms with E-state index in [9.17, 15) is 18.9 Å². The minimum atomic E-state index is -2.74. The average Bonchev–Trinajstić information content (AvgIpc) is 2.02. The van der Waals surface area contributed by atoms with Gasteiger partial charge in [0.2, 0.25) is 0 Å². The molecule has 0 bridgehead atoms. The highest BCUT2D eigenvalue weighted by molar-refractivity contribution is 14.1. The lowest BCUT2D eigenvalue weighted by molar-refractivity contribution is -0.386. The van der Waals surface area contributed by atoms with E-state index in [2.05, 4.69) is 4.98 Å². The second-order valence-corrected chi connectivity index (χ2v) is 3.59. The topological polar surface area (TPSA) is 56.0 Å². The second kappa shape index (κ2) is 4.11. The predicted molar refractivity (Wildman–Crippen MR) is 53.3 cm³/mol. The summed E-state index contributed by atoms with van der Waals surface area (Å²) in [4.78, 5) is 13.3. The first-order valence-corrected chi connectivity index (χ1v) is 4.60. The summed E-state index contributed by atoms with van der Waals surface area (Å²) in [7, 11) is 0. The monoisotopic (exact) mass is 314 g/mol. The van der Waals surface area contributed by atoms with Gasteiger partial charge in [0.05, 0.1) is 10.5 Å². The summed E-state index contributed by atoms with van der Waals surface area (Å²) in [5.41, 5.74) is -0.624. The van der Waals surface area contributed by atoms with E-state index in [1.807, 2.05) is 0 Å². The van der Waals surface area contributed by atoms with E-state index in [0.717, 1.165) is 6.20 Å². The largest absolute Gasteiger partial charge is 0.301 e. The van der Waals surface area contributed by atoms with E-state index in [-0.39, 0.29) is 20.5 Å². The first kappa shape index (κ1) is 11.2. The van der Waals surface area contributed by atoms with Crippen molar-refractivity contribution < 1.29 is 13.7 Å². The first-order valence-electron chi connectivity index (χ1n) is 3.52. The van der Waals surface area contributed by atoms with Crippen LogP contribution >= 0.6 is 22.6 Å². The number of hydrogen-bond donors (Lipinski definition) is 0. The number of aromatic nitrogens is 1. The van der Waals surface area contributed by atoms with Crippen LogP contribution in [0.2, 0.25) is 0 Å². The standard InChI is InChI=1S/C7H5F2IN2O2/c1-3-5(7(8)9)6(10)4(2-11-3)12(13)14/h2,7H,1H3. The van der Waals surface area contributed by atoms with Gasteiger partial charge in [-0.05, 0) is 29.5 Å². The molecule has 0 aliphatic carbocycles. The SMILES string of the molecule is Cc1ncc([N+](=O)[O-])c(I)c1C(F)F. The molecule has 1 heterocycles. The Morgan fingerprint density at radius 1 is 1.64 bits per heavy atom. The van der Waals surface area contributed by atoms with E-state index in [0.29, 0.717) is 0 Å². The van der Waals surface area contributed by atoms with Crippen LogP contribution in [0.5, 0.6) is 0 Å². The van der Waals surface area contributed by atoms with Crippen LogP contribution in [0.25, 0.3) is 0 Å². The molecule has 0 saturated carbocycles. The Kier molecular flexibility index (Phi) is 3.29. The third-order valence-corrected chi connectivity index (χ3v) is 2.78. The van der Waals surface area contributed by atoms with Crippen LogP contribution in [0.1, 0.15) is 17.7 Å². The average molecular weight is 314 g/mol. The molecule has 1 aromatic heterocycles. The normalized spacial score (nSPS) is 10.6. The van der Waals surface area contributed by atoms with Crippen molar-refractivity contribution in [1.29, 1.82) is 0 Å². The lowest BCUT2D eigenvalue weighted by Gasteiger charge is -2.06. The molecule has 0 radical (unpaired) electrons. The smallest absolute Gasteiger partial charge is 0.258 e. The van der Waals surface area contributed by atoms with Crippen molar-refractivity contribution >= 4 is 28.3 Å². The van der Waals surface area contributed by atoms with Crippen LogP contribution in [0.15, 0.2) is 6.20 Å². The van der Waals surface area contributed by atoms with Crippen molar-refractivity contribution in [2.75, 3.05) is 0 Å². The predicted octanol–water partition coefficient (Wildman–Crippen LogP) is 2.84. The van der Waals surface area contributed by atoms with Crippen molar-refractivity contribution in [3.63, 3.8) is 0 Å². The lowest BCUT2D eigenvalue weighted by Crippen LogP contribution is -2.02. The van der Waals surface area contributed by atoms with Crippen LogP contribution < -0.4 is 0 Å². The van der Waals surface area contributed by atoms with Gasteiger partial charge in [0.25, 0.3) is 6.43 Å². The highest BCUT2D eigenvalue weighted by Crippen LogP contribution is 2.31. The summed E-state index contributed by atoms with van der Waals surface area (Å²) in [6, 6.07) is 0. The van der Waals surface area contributed by atoms with Gasteiger partial charge in [0.1, 0.15) is 9.77 Å². The molecule has 1 rings (SSSR count). The highest BCUT2D eigenvalue weighted by Gasteiger charge is 2.23. The Labute approximate surface area is 91.6 Å². The maximum atomic E-state index is 12.5. The van der Waals surface area contributed by atoms with E-state index in [4.69, 9.17) is 0 Å². The third kappa shape index (κ3) is 1.97. The van der Waals surface area contributed by atoms with Crippen molar-refractivity contribution in [2.45, 2.75) is 13.3 Å². The molecule has 0 aliphatic heterocycles. The quantitative estimate of drug-likeness (QED) is 0.479. The lowest BCUT2D eigenvalue weighted by atomic mass is 10.2. The summed E-state index contributed by atoms with van der Waals surface area (Å²) in [5.74, 6) is 0. The first-order chi connectivity index (χ1) is 6.45. The van der Waals surface area contributed by atoms with Gasteiger partial charge in [-0.15, -0.1) is 0 Å². The Bertz CT molecular complexity index is 384. The summed E-state index contributed by atoms with van der Waals surface area (Å²) < 4.78 is 24.9. The minimum absolute atomic E-state index is 0.0462. The number of hydrogen-bond acceptors (Lipinski definition) is 3. The zero-order valence-corrected chi connectivity index (χ0v) is 9.16. The van der Waals surface area contributed by atoms with Crippen molar-refractivity contribution in [1.82, 2.24) is 4.98 Å². The van der Waals surface area contributed by atoms with Crippen LogP contribution in [-0.4, -0.2) is 9.91 Å². The van der Waals surface area contributed by atoms with Gasteiger partial charge in [-0.3, -0.25) is 15.1 Å². The highest BCUT2D eigenvalue weighted by atomic mass is 127. The van der Waals surface area contributed by atoms with Crippen molar-refractivity contribution in [2.24, 2.45) is 0 Å². The minimum Gasteiger partial charge on any atom is -0.258 e. The van der Waals surface area contributed by atoms with Gasteiger partial charge in [-0.1, -0.05) is 0 Å². The fourth-order valence-electron chi connectivity index (χ4n) is 0.962.